The van der Waals surface area contributed by atoms with E-state index in [1.54, 1.807) is 24.3 Å². The number of rotatable bonds is 6. The first-order valence-corrected chi connectivity index (χ1v) is 5.99. The summed E-state index contributed by atoms with van der Waals surface area (Å²) in [5, 5.41) is 11.2. The number of hydrogen-bond acceptors (Lipinski definition) is 4. The van der Waals surface area contributed by atoms with E-state index in [0.29, 0.717) is 5.69 Å². The first-order valence-electron chi connectivity index (χ1n) is 5.99. The molecule has 4 N–H and O–H groups in total. The van der Waals surface area contributed by atoms with Crippen molar-refractivity contribution >= 4 is 23.5 Å². The molecule has 2 amide bonds. The maximum Gasteiger partial charge on any atom is 0.323 e. The molecule has 7 heteroatoms. The third-order valence-corrected chi connectivity index (χ3v) is 2.56. The van der Waals surface area contributed by atoms with Gasteiger partial charge in [-0.25, -0.2) is 0 Å². The van der Waals surface area contributed by atoms with Crippen LogP contribution in [0.3, 0.4) is 0 Å². The summed E-state index contributed by atoms with van der Waals surface area (Å²) in [4.78, 5) is 35.0. The highest BCUT2D eigenvalue weighted by molar-refractivity contribution is 6.00. The van der Waals surface area contributed by atoms with E-state index in [4.69, 9.17) is 10.8 Å². The summed E-state index contributed by atoms with van der Waals surface area (Å²) in [6, 6.07) is 6.85. The van der Waals surface area contributed by atoms with Gasteiger partial charge in [-0.2, -0.15) is 0 Å². The number of nitrogens with two attached hydrogens (primary N) is 1. The number of carboxylic acids is 1. The fourth-order valence-electron chi connectivity index (χ4n) is 1.53. The van der Waals surface area contributed by atoms with Gasteiger partial charge in [0.25, 0.3) is 0 Å². The Labute approximate surface area is 116 Å². The van der Waals surface area contributed by atoms with Gasteiger partial charge in [-0.15, -0.1) is 0 Å². The van der Waals surface area contributed by atoms with E-state index in [0.717, 1.165) is 10.5 Å². The average molecular weight is 279 g/mol. The van der Waals surface area contributed by atoms with Crippen molar-refractivity contribution in [2.45, 2.75) is 6.92 Å². The predicted octanol–water partition coefficient (Wildman–Crippen LogP) is -0.512. The molecular formula is C13H17N3O4. The summed E-state index contributed by atoms with van der Waals surface area (Å²) < 4.78 is 0. The first kappa shape index (κ1) is 15.6. The second-order valence-electron chi connectivity index (χ2n) is 4.19. The van der Waals surface area contributed by atoms with Crippen molar-refractivity contribution < 1.29 is 19.5 Å². The molecule has 0 atom stereocenters. The number of benzene rings is 1. The lowest BCUT2D eigenvalue weighted by Gasteiger charge is -2.21. The molecule has 0 saturated carbocycles. The Morgan fingerprint density at radius 3 is 2.35 bits per heavy atom. The predicted molar refractivity (Wildman–Crippen MR) is 73.2 cm³/mol. The van der Waals surface area contributed by atoms with Gasteiger partial charge in [-0.05, 0) is 19.1 Å². The second kappa shape index (κ2) is 7.25. The molecule has 0 unspecified atom stereocenters. The summed E-state index contributed by atoms with van der Waals surface area (Å²) in [5.74, 6) is -2.13. The van der Waals surface area contributed by atoms with E-state index in [2.05, 4.69) is 5.32 Å². The molecule has 0 radical (unpaired) electrons. The monoisotopic (exact) mass is 279 g/mol. The maximum absolute atomic E-state index is 12.0. The molecule has 1 aromatic rings. The second-order valence-corrected chi connectivity index (χ2v) is 4.19. The number of amides is 2. The molecule has 0 aromatic heterocycles. The standard InChI is InChI=1S/C13H17N3O4/c1-9-2-4-10(5-3-9)16(8-13(19)20)12(18)7-15-11(17)6-14/h2-5H,6-8,14H2,1H3,(H,15,17)(H,19,20). The largest absolute Gasteiger partial charge is 0.480 e. The van der Waals surface area contributed by atoms with Crippen LogP contribution in [0.2, 0.25) is 0 Å². The molecule has 0 aliphatic carbocycles. The lowest BCUT2D eigenvalue weighted by molar-refractivity contribution is -0.136. The van der Waals surface area contributed by atoms with E-state index in [9.17, 15) is 14.4 Å². The summed E-state index contributed by atoms with van der Waals surface area (Å²) in [6.45, 7) is 0.892. The minimum Gasteiger partial charge on any atom is -0.480 e. The molecular weight excluding hydrogens is 262 g/mol. The van der Waals surface area contributed by atoms with Crippen LogP contribution in [-0.2, 0) is 14.4 Å². The van der Waals surface area contributed by atoms with Gasteiger partial charge in [0.2, 0.25) is 11.8 Å². The number of carbonyl (C=O) groups excluding carboxylic acids is 2. The summed E-state index contributed by atoms with van der Waals surface area (Å²) in [6.07, 6.45) is 0. The first-order chi connectivity index (χ1) is 9.43. The maximum atomic E-state index is 12.0. The molecule has 0 fully saturated rings. The minimum atomic E-state index is -1.14. The van der Waals surface area contributed by atoms with Crippen LogP contribution in [-0.4, -0.2) is 42.5 Å². The number of carbonyl (C=O) groups is 3. The number of aliphatic carboxylic acids is 1. The number of anilines is 1. The number of nitrogens with zero attached hydrogens (tertiary/aromatic N) is 1. The number of carboxylic acid groups (broad SMARTS) is 1. The van der Waals surface area contributed by atoms with Crippen LogP contribution < -0.4 is 16.0 Å². The average Bonchev–Trinajstić information content (AvgIpc) is 2.42. The molecule has 108 valence electrons. The Kier molecular flexibility index (Phi) is 5.67. The zero-order chi connectivity index (χ0) is 15.1. The van der Waals surface area contributed by atoms with Gasteiger partial charge in [0.1, 0.15) is 6.54 Å². The number of nitrogens with one attached hydrogen (secondary N) is 1. The highest BCUT2D eigenvalue weighted by Gasteiger charge is 2.19. The lowest BCUT2D eigenvalue weighted by Crippen LogP contribution is -2.44. The van der Waals surface area contributed by atoms with E-state index in [1.165, 1.54) is 0 Å². The van der Waals surface area contributed by atoms with Crippen LogP contribution in [0.25, 0.3) is 0 Å². The quantitative estimate of drug-likeness (QED) is 0.649. The molecule has 0 heterocycles. The molecule has 0 saturated heterocycles. The Bertz CT molecular complexity index is 499. The van der Waals surface area contributed by atoms with Crippen LogP contribution in [0.5, 0.6) is 0 Å². The van der Waals surface area contributed by atoms with Gasteiger partial charge in [-0.1, -0.05) is 17.7 Å². The molecule has 0 aliphatic rings. The van der Waals surface area contributed by atoms with Crippen LogP contribution >= 0.6 is 0 Å². The summed E-state index contributed by atoms with van der Waals surface area (Å²) in [7, 11) is 0. The van der Waals surface area contributed by atoms with Crippen molar-refractivity contribution in [3.63, 3.8) is 0 Å². The minimum absolute atomic E-state index is 0.225. The lowest BCUT2D eigenvalue weighted by atomic mass is 10.2. The van der Waals surface area contributed by atoms with Crippen LogP contribution in [0.15, 0.2) is 24.3 Å². The molecule has 7 nitrogen and oxygen atoms in total. The van der Waals surface area contributed by atoms with Crippen molar-refractivity contribution in [3.8, 4) is 0 Å². The van der Waals surface area contributed by atoms with Gasteiger partial charge in [0.05, 0.1) is 13.1 Å². The van der Waals surface area contributed by atoms with Gasteiger partial charge < -0.3 is 16.2 Å². The Balaban J connectivity index is 2.83. The summed E-state index contributed by atoms with van der Waals surface area (Å²) in [5.41, 5.74) is 6.57. The van der Waals surface area contributed by atoms with Crippen LogP contribution in [0.4, 0.5) is 5.69 Å². The molecule has 1 rings (SSSR count). The van der Waals surface area contributed by atoms with Crippen molar-refractivity contribution in [3.05, 3.63) is 29.8 Å². The van der Waals surface area contributed by atoms with Crippen molar-refractivity contribution in [1.82, 2.24) is 5.32 Å². The molecule has 20 heavy (non-hydrogen) atoms. The molecule has 0 spiro atoms. The van der Waals surface area contributed by atoms with Crippen molar-refractivity contribution in [2.24, 2.45) is 5.73 Å². The van der Waals surface area contributed by atoms with E-state index in [1.807, 2.05) is 6.92 Å². The van der Waals surface area contributed by atoms with Crippen molar-refractivity contribution in [2.75, 3.05) is 24.5 Å². The fraction of sp³-hybridized carbons (Fsp3) is 0.308. The van der Waals surface area contributed by atoms with E-state index >= 15 is 0 Å². The number of aryl methyl sites for hydroxylation is 1. The Hall–Kier alpha value is -2.41. The van der Waals surface area contributed by atoms with Gasteiger partial charge >= 0.3 is 5.97 Å². The van der Waals surface area contributed by atoms with Gasteiger partial charge in [0, 0.05) is 5.69 Å². The van der Waals surface area contributed by atoms with Crippen LogP contribution in [0.1, 0.15) is 5.56 Å². The third-order valence-electron chi connectivity index (χ3n) is 2.56. The van der Waals surface area contributed by atoms with Crippen LogP contribution in [0, 0.1) is 6.92 Å². The Morgan fingerprint density at radius 2 is 1.85 bits per heavy atom. The molecule has 1 aromatic carbocycles. The fourth-order valence-corrected chi connectivity index (χ4v) is 1.53. The van der Waals surface area contributed by atoms with Crippen molar-refractivity contribution in [1.29, 1.82) is 0 Å². The molecule has 0 bridgehead atoms. The SMILES string of the molecule is Cc1ccc(N(CC(=O)O)C(=O)CNC(=O)CN)cc1. The zero-order valence-corrected chi connectivity index (χ0v) is 11.1. The van der Waals surface area contributed by atoms with E-state index in [-0.39, 0.29) is 13.1 Å². The molecule has 0 aliphatic heterocycles. The summed E-state index contributed by atoms with van der Waals surface area (Å²) >= 11 is 0. The topological polar surface area (TPSA) is 113 Å². The van der Waals surface area contributed by atoms with E-state index < -0.39 is 24.3 Å². The normalized spacial score (nSPS) is 9.90. The zero-order valence-electron chi connectivity index (χ0n) is 11.1. The smallest absolute Gasteiger partial charge is 0.323 e. The number of hydrogen-bond donors (Lipinski definition) is 3. The highest BCUT2D eigenvalue weighted by atomic mass is 16.4. The van der Waals surface area contributed by atoms with Gasteiger partial charge in [0.15, 0.2) is 0 Å². The highest BCUT2D eigenvalue weighted by Crippen LogP contribution is 2.15. The third kappa shape index (κ3) is 4.69. The van der Waals surface area contributed by atoms with Gasteiger partial charge in [-0.3, -0.25) is 19.3 Å². The Morgan fingerprint density at radius 1 is 1.25 bits per heavy atom.